The molecule has 0 spiro atoms. The number of ether oxygens (including phenoxy) is 1. The van der Waals surface area contributed by atoms with Gasteiger partial charge in [-0.1, -0.05) is 17.8 Å². The third-order valence-electron chi connectivity index (χ3n) is 6.59. The zero-order valence-electron chi connectivity index (χ0n) is 19.2. The fraction of sp³-hybridized carbons (Fsp3) is 0.375. The van der Waals surface area contributed by atoms with Crippen molar-refractivity contribution in [2.45, 2.75) is 51.7 Å². The Kier molecular flexibility index (Phi) is 5.64. The number of hydrogen-bond donors (Lipinski definition) is 1. The molecule has 0 atom stereocenters. The van der Waals surface area contributed by atoms with Crippen LogP contribution in [0.2, 0.25) is 0 Å². The Labute approximate surface area is 196 Å². The van der Waals surface area contributed by atoms with Gasteiger partial charge in [0.1, 0.15) is 24.4 Å². The lowest BCUT2D eigenvalue weighted by atomic mass is 10.1. The van der Waals surface area contributed by atoms with E-state index in [-0.39, 0.29) is 18.5 Å². The number of hydrogen-bond acceptors (Lipinski definition) is 7. The Morgan fingerprint density at radius 3 is 2.71 bits per heavy atom. The van der Waals surface area contributed by atoms with Gasteiger partial charge in [-0.3, -0.25) is 4.79 Å². The second kappa shape index (κ2) is 8.77. The molecule has 2 aliphatic rings. The number of carbonyl (C=O) groups is 1. The summed E-state index contributed by atoms with van der Waals surface area (Å²) in [4.78, 5) is 33.4. The third kappa shape index (κ3) is 4.07. The molecule has 2 aromatic heterocycles. The number of aromatic nitrogens is 3. The van der Waals surface area contributed by atoms with Gasteiger partial charge < -0.3 is 25.1 Å². The van der Waals surface area contributed by atoms with E-state index in [1.807, 2.05) is 36.1 Å². The highest BCUT2D eigenvalue weighted by Crippen LogP contribution is 2.37. The van der Waals surface area contributed by atoms with Crippen LogP contribution >= 0.6 is 0 Å². The van der Waals surface area contributed by atoms with Crippen LogP contribution in [-0.2, 0) is 24.9 Å². The molecule has 10 nitrogen and oxygen atoms in total. The van der Waals surface area contributed by atoms with Crippen LogP contribution in [0.3, 0.4) is 0 Å². The lowest BCUT2D eigenvalue weighted by Gasteiger charge is -2.25. The van der Waals surface area contributed by atoms with Crippen molar-refractivity contribution < 1.29 is 14.5 Å². The van der Waals surface area contributed by atoms with Gasteiger partial charge >= 0.3 is 5.95 Å². The highest BCUT2D eigenvalue weighted by molar-refractivity contribution is 6.02. The first-order valence-electron chi connectivity index (χ1n) is 11.4. The number of fused-ring (bicyclic) bond motifs is 1. The van der Waals surface area contributed by atoms with Gasteiger partial charge in [-0.25, -0.2) is 9.55 Å². The van der Waals surface area contributed by atoms with E-state index in [0.717, 1.165) is 35.3 Å². The highest BCUT2D eigenvalue weighted by atomic mass is 16.6. The van der Waals surface area contributed by atoms with Gasteiger partial charge in [0.05, 0.1) is 19.2 Å². The maximum Gasteiger partial charge on any atom is 0.434 e. The zero-order chi connectivity index (χ0) is 23.8. The van der Waals surface area contributed by atoms with E-state index in [1.54, 1.807) is 13.2 Å². The number of nitrogens with zero attached hydrogens (tertiary/aromatic N) is 5. The van der Waals surface area contributed by atoms with E-state index in [9.17, 15) is 14.9 Å². The average molecular weight is 463 g/mol. The summed E-state index contributed by atoms with van der Waals surface area (Å²) < 4.78 is 7.23. The van der Waals surface area contributed by atoms with Crippen LogP contribution in [0, 0.1) is 17.0 Å². The lowest BCUT2D eigenvalue weighted by molar-refractivity contribution is -0.396. The van der Waals surface area contributed by atoms with Crippen LogP contribution in [0.25, 0.3) is 0 Å². The molecule has 176 valence electrons. The van der Waals surface area contributed by atoms with Crippen LogP contribution < -0.4 is 15.0 Å². The summed E-state index contributed by atoms with van der Waals surface area (Å²) in [6.07, 6.45) is 8.12. The van der Waals surface area contributed by atoms with Crippen molar-refractivity contribution in [1.29, 1.82) is 0 Å². The molecule has 1 aliphatic carbocycles. The minimum atomic E-state index is -0.524. The Hall–Kier alpha value is -3.95. The zero-order valence-corrected chi connectivity index (χ0v) is 19.2. The van der Waals surface area contributed by atoms with Gasteiger partial charge in [0, 0.05) is 29.6 Å². The van der Waals surface area contributed by atoms with Crippen molar-refractivity contribution in [3.05, 3.63) is 63.6 Å². The first-order chi connectivity index (χ1) is 16.4. The standard InChI is InChI=1S/C24H26N6O4/c1-15-9-19(34-14-18-13-26-24(28(18)2)30(32)33)7-8-20(15)27-22-11-21-16(12-25-22)10-23(31)29(21)17-5-3-4-6-17/h7-9,11-13,17H,3-6,10,14H2,1-2H3,(H,25,27). The molecule has 1 aromatic carbocycles. The van der Waals surface area contributed by atoms with Crippen LogP contribution in [0.4, 0.5) is 23.1 Å². The molecule has 1 fully saturated rings. The second-order valence-electron chi connectivity index (χ2n) is 8.83. The van der Waals surface area contributed by atoms with E-state index < -0.39 is 4.92 Å². The molecule has 0 bridgehead atoms. The molecule has 3 aromatic rings. The molecular formula is C24H26N6O4. The highest BCUT2D eigenvalue weighted by Gasteiger charge is 2.34. The van der Waals surface area contributed by atoms with Crippen molar-refractivity contribution in [3.63, 3.8) is 0 Å². The largest absolute Gasteiger partial charge is 0.486 e. The topological polar surface area (TPSA) is 115 Å². The first kappa shape index (κ1) is 21.9. The fourth-order valence-electron chi connectivity index (χ4n) is 4.75. The van der Waals surface area contributed by atoms with E-state index >= 15 is 0 Å². The van der Waals surface area contributed by atoms with Crippen molar-refractivity contribution in [2.24, 2.45) is 7.05 Å². The number of anilines is 3. The fourth-order valence-corrected chi connectivity index (χ4v) is 4.75. The number of aryl methyl sites for hydroxylation is 1. The first-order valence-corrected chi connectivity index (χ1v) is 11.4. The second-order valence-corrected chi connectivity index (χ2v) is 8.83. The van der Waals surface area contributed by atoms with E-state index in [4.69, 9.17) is 4.74 Å². The van der Waals surface area contributed by atoms with Crippen LogP contribution in [-0.4, -0.2) is 31.4 Å². The molecule has 10 heteroatoms. The lowest BCUT2D eigenvalue weighted by Crippen LogP contribution is -2.35. The molecule has 5 rings (SSSR count). The Bertz CT molecular complexity index is 1260. The monoisotopic (exact) mass is 462 g/mol. The summed E-state index contributed by atoms with van der Waals surface area (Å²) in [5, 5.41) is 14.3. The van der Waals surface area contributed by atoms with Crippen LogP contribution in [0.15, 0.2) is 36.7 Å². The molecule has 1 aliphatic heterocycles. The van der Waals surface area contributed by atoms with Gasteiger partial charge in [0.25, 0.3) is 0 Å². The summed E-state index contributed by atoms with van der Waals surface area (Å²) in [6.45, 7) is 2.13. The minimum Gasteiger partial charge on any atom is -0.486 e. The molecule has 0 saturated heterocycles. The van der Waals surface area contributed by atoms with Crippen LogP contribution in [0.5, 0.6) is 5.75 Å². The van der Waals surface area contributed by atoms with Crippen molar-refractivity contribution in [1.82, 2.24) is 14.5 Å². The molecule has 3 heterocycles. The summed E-state index contributed by atoms with van der Waals surface area (Å²) >= 11 is 0. The van der Waals surface area contributed by atoms with Crippen molar-refractivity contribution >= 4 is 29.0 Å². The maximum absolute atomic E-state index is 12.6. The van der Waals surface area contributed by atoms with Crippen molar-refractivity contribution in [2.75, 3.05) is 10.2 Å². The molecule has 1 N–H and O–H groups in total. The van der Waals surface area contributed by atoms with E-state index in [1.165, 1.54) is 23.6 Å². The summed E-state index contributed by atoms with van der Waals surface area (Å²) in [6, 6.07) is 7.91. The summed E-state index contributed by atoms with van der Waals surface area (Å²) in [5.74, 6) is 1.28. The Morgan fingerprint density at radius 1 is 1.21 bits per heavy atom. The molecule has 0 unspecified atom stereocenters. The number of pyridine rings is 1. The number of amides is 1. The number of imidazole rings is 1. The van der Waals surface area contributed by atoms with Crippen molar-refractivity contribution in [3.8, 4) is 5.75 Å². The maximum atomic E-state index is 12.6. The predicted molar refractivity (Wildman–Crippen MR) is 126 cm³/mol. The van der Waals surface area contributed by atoms with E-state index in [2.05, 4.69) is 15.3 Å². The SMILES string of the molecule is Cc1cc(OCc2cnc([N+](=O)[O-])n2C)ccc1Nc1cc2c(cn1)CC(=O)N2C1CCCC1. The van der Waals surface area contributed by atoms with Gasteiger partial charge in [-0.05, 0) is 48.5 Å². The van der Waals surface area contributed by atoms with E-state index in [0.29, 0.717) is 29.7 Å². The predicted octanol–water partition coefficient (Wildman–Crippen LogP) is 4.19. The number of nitrogens with one attached hydrogen (secondary N) is 1. The molecular weight excluding hydrogens is 436 g/mol. The number of rotatable bonds is 7. The molecule has 0 radical (unpaired) electrons. The molecule has 1 saturated carbocycles. The summed E-state index contributed by atoms with van der Waals surface area (Å²) in [5.41, 5.74) is 4.40. The van der Waals surface area contributed by atoms with Gasteiger partial charge in [-0.2, -0.15) is 0 Å². The van der Waals surface area contributed by atoms with Gasteiger partial charge in [0.15, 0.2) is 5.69 Å². The number of carbonyl (C=O) groups excluding carboxylic acids is 1. The number of nitro groups is 1. The Balaban J connectivity index is 1.29. The van der Waals surface area contributed by atoms with Crippen LogP contribution in [0.1, 0.15) is 42.5 Å². The molecule has 1 amide bonds. The minimum absolute atomic E-state index is 0.164. The van der Waals surface area contributed by atoms with Gasteiger partial charge in [-0.15, -0.1) is 0 Å². The quantitative estimate of drug-likeness (QED) is 0.413. The smallest absolute Gasteiger partial charge is 0.434 e. The van der Waals surface area contributed by atoms with Gasteiger partial charge in [0.2, 0.25) is 5.91 Å². The average Bonchev–Trinajstić information content (AvgIpc) is 3.52. The Morgan fingerprint density at radius 2 is 2.00 bits per heavy atom. The molecule has 34 heavy (non-hydrogen) atoms. The number of benzene rings is 1. The summed E-state index contributed by atoms with van der Waals surface area (Å²) in [7, 11) is 1.59. The third-order valence-corrected chi connectivity index (χ3v) is 6.59. The normalized spacial score (nSPS) is 15.6.